The normalized spacial score (nSPS) is 10.6. The monoisotopic (exact) mass is 362 g/mol. The van der Waals surface area contributed by atoms with Gasteiger partial charge in [-0.1, -0.05) is 12.0 Å². The molecule has 4 nitrogen and oxygen atoms in total. The van der Waals surface area contributed by atoms with Crippen LogP contribution in [0.3, 0.4) is 0 Å². The van der Waals surface area contributed by atoms with Crippen molar-refractivity contribution in [3.8, 4) is 11.8 Å². The number of thiophene rings is 1. The van der Waals surface area contributed by atoms with Gasteiger partial charge in [0.2, 0.25) is 5.28 Å². The van der Waals surface area contributed by atoms with E-state index in [0.717, 1.165) is 16.8 Å². The molecular weight excluding hydrogens is 347 g/mol. The molecule has 0 spiro atoms. The summed E-state index contributed by atoms with van der Waals surface area (Å²) in [4.78, 5) is 5.50. The lowest BCUT2D eigenvalue weighted by Gasteiger charge is -2.07. The minimum atomic E-state index is -0.360. The van der Waals surface area contributed by atoms with E-state index >= 15 is 0 Å². The third kappa shape index (κ3) is 3.53. The van der Waals surface area contributed by atoms with Gasteiger partial charge in [-0.15, -0.1) is 16.4 Å². The molecule has 124 valence electrons. The molecule has 0 atom stereocenters. The number of rotatable bonds is 6. The molecule has 3 heterocycles. The van der Waals surface area contributed by atoms with E-state index in [1.54, 1.807) is 22.8 Å². The second-order valence-electron chi connectivity index (χ2n) is 5.15. The summed E-state index contributed by atoms with van der Waals surface area (Å²) >= 11 is 7.75. The minimum Gasteiger partial charge on any atom is -0.363 e. The summed E-state index contributed by atoms with van der Waals surface area (Å²) < 4.78 is 14.3. The number of nitrogens with one attached hydrogen (secondary N) is 1. The average molecular weight is 363 g/mol. The summed E-state index contributed by atoms with van der Waals surface area (Å²) in [7, 11) is 0. The fraction of sp³-hybridized carbons (Fsp3) is 0.294. The van der Waals surface area contributed by atoms with Gasteiger partial charge in [0.1, 0.15) is 11.2 Å². The van der Waals surface area contributed by atoms with Gasteiger partial charge in [0.05, 0.1) is 13.2 Å². The Morgan fingerprint density at radius 3 is 3.04 bits per heavy atom. The lowest BCUT2D eigenvalue weighted by molar-refractivity contribution is 0.473. The predicted octanol–water partition coefficient (Wildman–Crippen LogP) is 4.33. The molecule has 0 bridgehead atoms. The number of hydrogen-bond donors (Lipinski definition) is 1. The number of nitrogens with zero attached hydrogens (tertiary/aromatic N) is 3. The zero-order valence-corrected chi connectivity index (χ0v) is 14.7. The van der Waals surface area contributed by atoms with Crippen LogP contribution in [0.25, 0.3) is 5.52 Å². The molecule has 0 aliphatic rings. The van der Waals surface area contributed by atoms with Crippen LogP contribution in [-0.4, -0.2) is 21.3 Å². The van der Waals surface area contributed by atoms with Crippen molar-refractivity contribution in [2.45, 2.75) is 26.3 Å². The van der Waals surface area contributed by atoms with E-state index in [0.29, 0.717) is 25.2 Å². The Morgan fingerprint density at radius 2 is 2.33 bits per heavy atom. The summed E-state index contributed by atoms with van der Waals surface area (Å²) in [6, 6.07) is 6.02. The number of aromatic nitrogens is 3. The molecule has 0 saturated carbocycles. The quantitative estimate of drug-likeness (QED) is 0.664. The van der Waals surface area contributed by atoms with Gasteiger partial charge in [0.25, 0.3) is 0 Å². The van der Waals surface area contributed by atoms with E-state index in [9.17, 15) is 4.39 Å². The molecule has 0 aliphatic carbocycles. The Bertz CT molecular complexity index is 893. The third-order valence-electron chi connectivity index (χ3n) is 3.52. The van der Waals surface area contributed by atoms with Crippen molar-refractivity contribution >= 4 is 34.3 Å². The molecule has 0 amide bonds. The lowest BCUT2D eigenvalue weighted by atomic mass is 10.1. The summed E-state index contributed by atoms with van der Waals surface area (Å²) in [5.41, 5.74) is 2.49. The first-order chi connectivity index (χ1) is 11.7. The molecule has 24 heavy (non-hydrogen) atoms. The fourth-order valence-electron chi connectivity index (χ4n) is 2.49. The predicted molar refractivity (Wildman–Crippen MR) is 96.5 cm³/mol. The maximum Gasteiger partial charge on any atom is 0.243 e. The van der Waals surface area contributed by atoms with Crippen molar-refractivity contribution < 1.29 is 4.39 Å². The topological polar surface area (TPSA) is 42.2 Å². The van der Waals surface area contributed by atoms with Gasteiger partial charge in [0, 0.05) is 4.88 Å². The van der Waals surface area contributed by atoms with Crippen LogP contribution in [0.15, 0.2) is 23.6 Å². The van der Waals surface area contributed by atoms with Crippen LogP contribution in [0.2, 0.25) is 5.28 Å². The molecule has 0 unspecified atom stereocenters. The average Bonchev–Trinajstić information content (AvgIpc) is 3.20. The second kappa shape index (κ2) is 7.65. The Morgan fingerprint density at radius 1 is 1.46 bits per heavy atom. The first kappa shape index (κ1) is 16.7. The van der Waals surface area contributed by atoms with Crippen LogP contribution in [0.5, 0.6) is 0 Å². The van der Waals surface area contributed by atoms with Crippen LogP contribution in [-0.2, 0) is 13.0 Å². The Kier molecular flexibility index (Phi) is 5.34. The van der Waals surface area contributed by atoms with Crippen molar-refractivity contribution in [3.05, 3.63) is 45.0 Å². The van der Waals surface area contributed by atoms with Gasteiger partial charge in [0.15, 0.2) is 5.82 Å². The van der Waals surface area contributed by atoms with Crippen LogP contribution in [0.4, 0.5) is 10.2 Å². The van der Waals surface area contributed by atoms with Crippen molar-refractivity contribution in [2.75, 3.05) is 12.0 Å². The number of alkyl halides is 1. The highest BCUT2D eigenvalue weighted by molar-refractivity contribution is 7.09. The van der Waals surface area contributed by atoms with Gasteiger partial charge < -0.3 is 5.32 Å². The number of aryl methyl sites for hydroxylation is 1. The fourth-order valence-corrected chi connectivity index (χ4v) is 3.30. The third-order valence-corrected chi connectivity index (χ3v) is 4.55. The Labute approximate surface area is 148 Å². The molecule has 0 fully saturated rings. The van der Waals surface area contributed by atoms with Crippen LogP contribution in [0, 0.1) is 11.8 Å². The minimum absolute atomic E-state index is 0.142. The molecule has 0 radical (unpaired) electrons. The molecule has 0 saturated heterocycles. The Hall–Kier alpha value is -2.10. The molecular formula is C17H16ClFN4S. The molecule has 1 N–H and O–H groups in total. The van der Waals surface area contributed by atoms with Gasteiger partial charge in [-0.3, -0.25) is 4.39 Å². The van der Waals surface area contributed by atoms with E-state index in [4.69, 9.17) is 11.6 Å². The van der Waals surface area contributed by atoms with Crippen LogP contribution < -0.4 is 5.32 Å². The van der Waals surface area contributed by atoms with Gasteiger partial charge in [-0.25, -0.2) is 4.52 Å². The van der Waals surface area contributed by atoms with Gasteiger partial charge >= 0.3 is 0 Å². The lowest BCUT2D eigenvalue weighted by Crippen LogP contribution is -2.06. The maximum absolute atomic E-state index is 12.6. The number of halogens is 2. The molecule has 7 heteroatoms. The van der Waals surface area contributed by atoms with Crippen molar-refractivity contribution in [1.82, 2.24) is 14.6 Å². The van der Waals surface area contributed by atoms with Gasteiger partial charge in [-0.05, 0) is 60.4 Å². The first-order valence-corrected chi connectivity index (χ1v) is 8.82. The summed E-state index contributed by atoms with van der Waals surface area (Å²) in [6.45, 7) is 2.05. The largest absolute Gasteiger partial charge is 0.363 e. The van der Waals surface area contributed by atoms with E-state index in [1.807, 2.05) is 17.5 Å². The second-order valence-corrected chi connectivity index (χ2v) is 6.52. The standard InChI is InChI=1S/C17H16ClFN4S/c1-2-5-14-12(6-3-8-19)10-15-16(21-17(18)22-23(14)15)20-11-13-7-4-9-24-13/h4,7,9-10H,3,6,8,11H2,1H3,(H,20,21,22). The highest BCUT2D eigenvalue weighted by Gasteiger charge is 2.15. The van der Waals surface area contributed by atoms with Gasteiger partial charge in [-0.2, -0.15) is 4.98 Å². The molecule has 0 aliphatic heterocycles. The van der Waals surface area contributed by atoms with Crippen LogP contribution in [0.1, 0.15) is 29.5 Å². The summed E-state index contributed by atoms with van der Waals surface area (Å²) in [6.07, 6.45) is 1.06. The summed E-state index contributed by atoms with van der Waals surface area (Å²) in [5, 5.41) is 9.74. The zero-order chi connectivity index (χ0) is 16.9. The van der Waals surface area contributed by atoms with Crippen LogP contribution >= 0.6 is 22.9 Å². The maximum atomic E-state index is 12.6. The molecule has 3 aromatic heterocycles. The number of hydrogen-bond acceptors (Lipinski definition) is 4. The highest BCUT2D eigenvalue weighted by Crippen LogP contribution is 2.24. The molecule has 3 rings (SSSR count). The summed E-state index contributed by atoms with van der Waals surface area (Å²) in [5.74, 6) is 6.58. The van der Waals surface area contributed by atoms with E-state index < -0.39 is 0 Å². The van der Waals surface area contributed by atoms with Crippen molar-refractivity contribution in [3.63, 3.8) is 0 Å². The number of anilines is 1. The van der Waals surface area contributed by atoms with E-state index in [-0.39, 0.29) is 12.0 Å². The Balaban J connectivity index is 2.03. The van der Waals surface area contributed by atoms with E-state index in [1.165, 1.54) is 4.88 Å². The van der Waals surface area contributed by atoms with E-state index in [2.05, 4.69) is 33.3 Å². The number of fused-ring (bicyclic) bond motifs is 1. The van der Waals surface area contributed by atoms with Crippen molar-refractivity contribution in [2.24, 2.45) is 0 Å². The highest BCUT2D eigenvalue weighted by atomic mass is 35.5. The smallest absolute Gasteiger partial charge is 0.243 e. The molecule has 0 aromatic carbocycles. The SMILES string of the molecule is CC#Cc1c(CCCF)cc2c(NCc3cccs3)nc(Cl)nn12. The zero-order valence-electron chi connectivity index (χ0n) is 13.1. The first-order valence-electron chi connectivity index (χ1n) is 7.56. The molecule has 3 aromatic rings. The van der Waals surface area contributed by atoms with Crippen molar-refractivity contribution in [1.29, 1.82) is 0 Å².